The van der Waals surface area contributed by atoms with Crippen LogP contribution in [-0.2, 0) is 31.9 Å². The molecule has 2 fully saturated rings. The van der Waals surface area contributed by atoms with E-state index in [0.717, 1.165) is 34.1 Å². The van der Waals surface area contributed by atoms with Crippen molar-refractivity contribution in [2.45, 2.75) is 128 Å². The zero-order chi connectivity index (χ0) is 37.9. The highest BCUT2D eigenvalue weighted by atomic mass is 16.7. The first-order valence-electron chi connectivity index (χ1n) is 17.9. The fourth-order valence-electron chi connectivity index (χ4n) is 6.40. The number of hydrogen-bond donors (Lipinski definition) is 3. The minimum Gasteiger partial charge on any atom is -0.432 e. The second-order valence-electron chi connectivity index (χ2n) is 13.4. The molecule has 2 aliphatic heterocycles. The van der Waals surface area contributed by atoms with Gasteiger partial charge in [-0.3, -0.25) is 28.7 Å². The van der Waals surface area contributed by atoms with Gasteiger partial charge in [0.05, 0.1) is 29.9 Å². The largest absolute Gasteiger partial charge is 0.508 e. The number of carbonyl (C=O) groups is 1. The van der Waals surface area contributed by atoms with Crippen molar-refractivity contribution in [3.63, 3.8) is 0 Å². The zero-order valence-corrected chi connectivity index (χ0v) is 29.8. The normalized spacial score (nSPS) is 22.5. The highest BCUT2D eigenvalue weighted by molar-refractivity contribution is 5.59. The Morgan fingerprint density at radius 1 is 0.925 bits per heavy atom. The summed E-state index contributed by atoms with van der Waals surface area (Å²) in [6.07, 6.45) is 8.80. The molecule has 0 unspecified atom stereocenters. The third-order valence-electron chi connectivity index (χ3n) is 9.35. The highest BCUT2D eigenvalue weighted by Crippen LogP contribution is 2.31. The number of aromatic nitrogens is 7. The summed E-state index contributed by atoms with van der Waals surface area (Å²) < 4.78 is 25.8. The fraction of sp³-hybridized carbons (Fsp3) is 0.667. The average molecular weight is 743 g/mol. The summed E-state index contributed by atoms with van der Waals surface area (Å²) in [6.45, 7) is 2.96. The lowest BCUT2D eigenvalue weighted by molar-refractivity contribution is -0.0693. The number of H-pyrrole nitrogens is 2. The predicted octanol–water partition coefficient (Wildman–Crippen LogP) is 2.49. The van der Waals surface area contributed by atoms with Crippen molar-refractivity contribution in [1.29, 1.82) is 0 Å². The van der Waals surface area contributed by atoms with Gasteiger partial charge in [-0.1, -0.05) is 62.2 Å². The summed E-state index contributed by atoms with van der Waals surface area (Å²) in [5.41, 5.74) is 7.72. The van der Waals surface area contributed by atoms with Crippen molar-refractivity contribution >= 4 is 6.16 Å². The van der Waals surface area contributed by atoms with Gasteiger partial charge in [0.25, 0.3) is 11.1 Å². The minimum atomic E-state index is -1.13. The third-order valence-corrected chi connectivity index (χ3v) is 9.35. The van der Waals surface area contributed by atoms with E-state index in [1.165, 1.54) is 62.5 Å². The molecule has 53 heavy (non-hydrogen) atoms. The van der Waals surface area contributed by atoms with Crippen molar-refractivity contribution in [3.8, 4) is 0 Å². The monoisotopic (exact) mass is 742 g/mol. The second kappa shape index (κ2) is 18.6. The first kappa shape index (κ1) is 39.2. The number of hydrogen-bond acceptors (Lipinski definition) is 13. The summed E-state index contributed by atoms with van der Waals surface area (Å²) in [4.78, 5) is 69.2. The Kier molecular flexibility index (Phi) is 13.8. The van der Waals surface area contributed by atoms with Gasteiger partial charge in [0, 0.05) is 41.9 Å². The number of rotatable bonds is 18. The standard InChI is InChI=1S/C33H46N10O10/c1-3-4-5-6-7-8-9-10-11-22-17-41(40-37-22)15-21-16-43(32(48)36-30(21)46)28-13-24(44)26(53-28)19-51-33(49)50-18-25-23(38-39-34)12-27(52-25)42-14-20(2)29(45)35-31(42)47/h14,16-17,23-28,44H,3-13,15,18-19H2,1-2H3,(H,35,45,47)(H,36,46,48)/t23-,24+,25+,26-,27+,28-/m1/s1. The summed E-state index contributed by atoms with van der Waals surface area (Å²) >= 11 is 0. The Labute approximate surface area is 302 Å². The van der Waals surface area contributed by atoms with Crippen LogP contribution in [0.1, 0.15) is 100 Å². The van der Waals surface area contributed by atoms with Gasteiger partial charge in [-0.15, -0.1) is 5.10 Å². The van der Waals surface area contributed by atoms with Crippen LogP contribution in [0.15, 0.2) is 42.9 Å². The Morgan fingerprint density at radius 2 is 1.55 bits per heavy atom. The van der Waals surface area contributed by atoms with Crippen LogP contribution in [0.2, 0.25) is 0 Å². The van der Waals surface area contributed by atoms with E-state index in [-0.39, 0.29) is 30.5 Å². The fourth-order valence-corrected chi connectivity index (χ4v) is 6.40. The van der Waals surface area contributed by atoms with Gasteiger partial charge in [-0.05, 0) is 25.3 Å². The number of azide groups is 1. The first-order chi connectivity index (χ1) is 25.6. The van der Waals surface area contributed by atoms with Gasteiger partial charge in [0.2, 0.25) is 0 Å². The molecule has 0 radical (unpaired) electrons. The molecular weight excluding hydrogens is 696 g/mol. The molecule has 3 aromatic rings. The number of aliphatic hydroxyl groups excluding tert-OH is 1. The Balaban J connectivity index is 1.10. The first-order valence-corrected chi connectivity index (χ1v) is 17.9. The number of aliphatic hydroxyl groups is 1. The quantitative estimate of drug-likeness (QED) is 0.0558. The lowest BCUT2D eigenvalue weighted by atomic mass is 10.1. The Bertz CT molecular complexity index is 1980. The molecule has 20 nitrogen and oxygen atoms in total. The molecule has 0 aromatic carbocycles. The topological polar surface area (TPSA) is 263 Å². The predicted molar refractivity (Wildman–Crippen MR) is 186 cm³/mol. The number of aryl methyl sites for hydroxylation is 2. The molecule has 2 aliphatic rings. The molecule has 288 valence electrons. The van der Waals surface area contributed by atoms with E-state index >= 15 is 0 Å². The molecule has 20 heteroatoms. The number of nitrogens with one attached hydrogen (secondary N) is 2. The second-order valence-corrected chi connectivity index (χ2v) is 13.4. The van der Waals surface area contributed by atoms with Crippen LogP contribution in [0.4, 0.5) is 4.79 Å². The summed E-state index contributed by atoms with van der Waals surface area (Å²) in [5.74, 6) is 0. The lowest BCUT2D eigenvalue weighted by Gasteiger charge is -2.18. The Hall–Kier alpha value is -5.04. The van der Waals surface area contributed by atoms with Crippen LogP contribution in [0.5, 0.6) is 0 Å². The van der Waals surface area contributed by atoms with Gasteiger partial charge in [-0.2, -0.15) is 0 Å². The average Bonchev–Trinajstić information content (AvgIpc) is 3.85. The zero-order valence-electron chi connectivity index (χ0n) is 29.8. The maximum Gasteiger partial charge on any atom is 0.508 e. The molecule has 0 aliphatic carbocycles. The molecule has 3 N–H and O–H groups in total. The molecule has 0 bridgehead atoms. The summed E-state index contributed by atoms with van der Waals surface area (Å²) in [6, 6.07) is -0.801. The van der Waals surface area contributed by atoms with Crippen LogP contribution in [0, 0.1) is 6.92 Å². The minimum absolute atomic E-state index is 0.0325. The highest BCUT2D eigenvalue weighted by Gasteiger charge is 2.39. The number of nitrogens with zero attached hydrogens (tertiary/aromatic N) is 8. The van der Waals surface area contributed by atoms with E-state index in [9.17, 15) is 29.1 Å². The van der Waals surface area contributed by atoms with Crippen molar-refractivity contribution in [2.75, 3.05) is 13.2 Å². The molecule has 0 saturated carbocycles. The van der Waals surface area contributed by atoms with Crippen LogP contribution >= 0.6 is 0 Å². The van der Waals surface area contributed by atoms with E-state index in [1.54, 1.807) is 6.20 Å². The van der Waals surface area contributed by atoms with Crippen LogP contribution < -0.4 is 22.5 Å². The molecule has 5 heterocycles. The van der Waals surface area contributed by atoms with Gasteiger partial charge in [0.1, 0.15) is 37.9 Å². The van der Waals surface area contributed by atoms with Gasteiger partial charge in [-0.25, -0.2) is 19.1 Å². The molecule has 0 spiro atoms. The van der Waals surface area contributed by atoms with Crippen LogP contribution in [0.25, 0.3) is 10.4 Å². The molecular formula is C33H46N10O10. The van der Waals surface area contributed by atoms with E-state index < -0.39 is 78.7 Å². The molecule has 3 aromatic heterocycles. The van der Waals surface area contributed by atoms with Crippen molar-refractivity contribution < 1.29 is 28.8 Å². The molecule has 2 saturated heterocycles. The van der Waals surface area contributed by atoms with Crippen molar-refractivity contribution in [2.24, 2.45) is 5.11 Å². The number of ether oxygens (including phenoxy) is 4. The number of aromatic amines is 2. The van der Waals surface area contributed by atoms with E-state index in [4.69, 9.17) is 24.5 Å². The maximum absolute atomic E-state index is 12.7. The third kappa shape index (κ3) is 10.5. The van der Waals surface area contributed by atoms with Gasteiger partial charge < -0.3 is 24.1 Å². The smallest absolute Gasteiger partial charge is 0.432 e. The maximum atomic E-state index is 12.7. The summed E-state index contributed by atoms with van der Waals surface area (Å²) in [5, 5.41) is 22.7. The van der Waals surface area contributed by atoms with Crippen molar-refractivity contribution in [1.82, 2.24) is 34.1 Å². The van der Waals surface area contributed by atoms with E-state index in [1.807, 2.05) is 0 Å². The Morgan fingerprint density at radius 3 is 2.26 bits per heavy atom. The number of carbonyl (C=O) groups excluding carboxylic acids is 1. The van der Waals surface area contributed by atoms with Gasteiger partial charge >= 0.3 is 17.5 Å². The summed E-state index contributed by atoms with van der Waals surface area (Å²) in [7, 11) is 0. The molecule has 0 amide bonds. The van der Waals surface area contributed by atoms with E-state index in [2.05, 4.69) is 37.2 Å². The van der Waals surface area contributed by atoms with Crippen LogP contribution in [0.3, 0.4) is 0 Å². The van der Waals surface area contributed by atoms with Crippen LogP contribution in [-0.4, -0.2) is 82.9 Å². The number of unbranched alkanes of at least 4 members (excludes halogenated alkanes) is 7. The molecule has 6 atom stereocenters. The lowest BCUT2D eigenvalue weighted by Crippen LogP contribution is -2.35. The molecule has 5 rings (SSSR count). The van der Waals surface area contributed by atoms with Crippen molar-refractivity contribution in [3.05, 3.63) is 87.5 Å². The SMILES string of the molecule is CCCCCCCCCCc1cn(Cc2cn([C@H]3C[C@H](O)[C@@H](COC(=O)OC[C@@H]4O[C@H](n5cc(C)c(=O)[nH]c5=O)C[C@H]4N=[N+]=[N-])O3)c(=O)[nH]c2=O)nn1. The van der Waals surface area contributed by atoms with E-state index in [0.29, 0.717) is 0 Å². The van der Waals surface area contributed by atoms with Gasteiger partial charge in [0.15, 0.2) is 0 Å².